The summed E-state index contributed by atoms with van der Waals surface area (Å²) in [6.45, 7) is 10.2. The summed E-state index contributed by atoms with van der Waals surface area (Å²) in [7, 11) is 0. The molecule has 1 unspecified atom stereocenters. The Morgan fingerprint density at radius 3 is 2.52 bits per heavy atom. The van der Waals surface area contributed by atoms with Crippen LogP contribution in [0.1, 0.15) is 42.4 Å². The Labute approximate surface area is 130 Å². The molecule has 0 spiro atoms. The highest BCUT2D eigenvalue weighted by Gasteiger charge is 2.15. The van der Waals surface area contributed by atoms with Crippen molar-refractivity contribution in [3.63, 3.8) is 0 Å². The average molecular weight is 305 g/mol. The fourth-order valence-corrected chi connectivity index (χ4v) is 3.20. The summed E-state index contributed by atoms with van der Waals surface area (Å²) in [6, 6.07) is 5.98. The number of nitrogens with zero attached hydrogens (tertiary/aromatic N) is 1. The molecule has 0 aliphatic carbocycles. The monoisotopic (exact) mass is 305 g/mol. The molecule has 1 aromatic heterocycles. The van der Waals surface area contributed by atoms with Gasteiger partial charge in [0.05, 0.1) is 34.2 Å². The molecule has 0 bridgehead atoms. The molecule has 0 aliphatic heterocycles. The largest absolute Gasteiger partial charge is 0.489 e. The van der Waals surface area contributed by atoms with E-state index in [4.69, 9.17) is 10.5 Å². The van der Waals surface area contributed by atoms with Crippen molar-refractivity contribution in [3.05, 3.63) is 33.8 Å². The van der Waals surface area contributed by atoms with E-state index in [9.17, 15) is 0 Å². The van der Waals surface area contributed by atoms with E-state index in [0.717, 1.165) is 22.1 Å². The highest BCUT2D eigenvalue weighted by Crippen LogP contribution is 2.34. The Bertz CT molecular complexity index is 622. The Morgan fingerprint density at radius 2 is 1.95 bits per heavy atom. The van der Waals surface area contributed by atoms with Crippen LogP contribution in [0.2, 0.25) is 0 Å². The molecule has 1 heterocycles. The summed E-state index contributed by atoms with van der Waals surface area (Å²) in [5, 5.41) is 4.54. The van der Waals surface area contributed by atoms with Crippen molar-refractivity contribution >= 4 is 22.7 Å². The average Bonchev–Trinajstić information content (AvgIpc) is 2.73. The maximum atomic E-state index is 6.20. The molecule has 0 aliphatic rings. The molecule has 1 aromatic carbocycles. The van der Waals surface area contributed by atoms with E-state index in [0.29, 0.717) is 5.69 Å². The highest BCUT2D eigenvalue weighted by molar-refractivity contribution is 7.11. The molecule has 114 valence electrons. The zero-order chi connectivity index (χ0) is 15.6. The normalized spacial score (nSPS) is 12.5. The van der Waals surface area contributed by atoms with E-state index in [1.54, 1.807) is 11.3 Å². The molecule has 1 atom stereocenters. The molecule has 3 N–H and O–H groups in total. The van der Waals surface area contributed by atoms with Gasteiger partial charge in [0.15, 0.2) is 0 Å². The number of nitrogens with two attached hydrogens (primary N) is 1. The van der Waals surface area contributed by atoms with Gasteiger partial charge in [-0.2, -0.15) is 0 Å². The number of para-hydroxylation sites is 1. The number of thiazole rings is 1. The maximum Gasteiger partial charge on any atom is 0.144 e. The van der Waals surface area contributed by atoms with Crippen LogP contribution in [0, 0.1) is 13.8 Å². The molecule has 0 amide bonds. The van der Waals surface area contributed by atoms with Crippen LogP contribution in [0.3, 0.4) is 0 Å². The minimum absolute atomic E-state index is 0.103. The summed E-state index contributed by atoms with van der Waals surface area (Å²) in [5.74, 6) is 0.722. The number of ether oxygens (including phenoxy) is 1. The second kappa shape index (κ2) is 6.35. The summed E-state index contributed by atoms with van der Waals surface area (Å²) in [4.78, 5) is 5.71. The van der Waals surface area contributed by atoms with Crippen molar-refractivity contribution in [2.45, 2.75) is 46.8 Å². The van der Waals surface area contributed by atoms with Gasteiger partial charge in [-0.1, -0.05) is 6.07 Å². The molecule has 5 heteroatoms. The first-order valence-corrected chi connectivity index (χ1v) is 7.95. The number of benzene rings is 1. The molecule has 0 saturated carbocycles. The van der Waals surface area contributed by atoms with E-state index in [2.05, 4.69) is 17.2 Å². The highest BCUT2D eigenvalue weighted by atomic mass is 32.1. The van der Waals surface area contributed by atoms with Crippen LogP contribution in [-0.2, 0) is 0 Å². The Kier molecular flexibility index (Phi) is 4.73. The fourth-order valence-electron chi connectivity index (χ4n) is 2.27. The van der Waals surface area contributed by atoms with Gasteiger partial charge in [0.1, 0.15) is 5.75 Å². The molecule has 0 fully saturated rings. The standard InChI is InChI=1S/C16H23N3OS/c1-9(2)20-14-8-6-7-13(15(14)17)19-11(4)16-10(3)18-12(5)21-16/h6-9,11,19H,17H2,1-5H3. The van der Waals surface area contributed by atoms with Crippen LogP contribution in [0.4, 0.5) is 11.4 Å². The number of aryl methyl sites for hydroxylation is 2. The van der Waals surface area contributed by atoms with E-state index in [-0.39, 0.29) is 12.1 Å². The van der Waals surface area contributed by atoms with Crippen LogP contribution < -0.4 is 15.8 Å². The Balaban J connectivity index is 2.21. The van der Waals surface area contributed by atoms with Crippen molar-refractivity contribution in [1.29, 1.82) is 0 Å². The second-order valence-corrected chi connectivity index (χ2v) is 6.67. The third-order valence-electron chi connectivity index (χ3n) is 3.13. The van der Waals surface area contributed by atoms with Gasteiger partial charge in [0.2, 0.25) is 0 Å². The minimum atomic E-state index is 0.103. The lowest BCUT2D eigenvalue weighted by Gasteiger charge is -2.19. The molecular weight excluding hydrogens is 282 g/mol. The number of anilines is 2. The predicted octanol–water partition coefficient (Wildman–Crippen LogP) is 4.30. The number of hydrogen-bond donors (Lipinski definition) is 2. The molecule has 0 radical (unpaired) electrons. The quantitative estimate of drug-likeness (QED) is 0.808. The van der Waals surface area contributed by atoms with Crippen LogP contribution in [-0.4, -0.2) is 11.1 Å². The molecule has 21 heavy (non-hydrogen) atoms. The third kappa shape index (κ3) is 3.67. The number of rotatable bonds is 5. The van der Waals surface area contributed by atoms with Gasteiger partial charge in [-0.05, 0) is 46.8 Å². The summed E-state index contributed by atoms with van der Waals surface area (Å²) in [6.07, 6.45) is 0.103. The van der Waals surface area contributed by atoms with Crippen LogP contribution in [0.15, 0.2) is 18.2 Å². The molecule has 4 nitrogen and oxygen atoms in total. The first kappa shape index (κ1) is 15.6. The third-order valence-corrected chi connectivity index (χ3v) is 4.39. The van der Waals surface area contributed by atoms with E-state index in [1.165, 1.54) is 4.88 Å². The topological polar surface area (TPSA) is 60.2 Å². The minimum Gasteiger partial charge on any atom is -0.489 e. The van der Waals surface area contributed by atoms with Gasteiger partial charge in [-0.3, -0.25) is 0 Å². The van der Waals surface area contributed by atoms with Gasteiger partial charge >= 0.3 is 0 Å². The number of hydrogen-bond acceptors (Lipinski definition) is 5. The Morgan fingerprint density at radius 1 is 1.24 bits per heavy atom. The van der Waals surface area contributed by atoms with E-state index in [1.807, 2.05) is 45.9 Å². The lowest BCUT2D eigenvalue weighted by Crippen LogP contribution is -2.11. The van der Waals surface area contributed by atoms with E-state index < -0.39 is 0 Å². The number of aromatic nitrogens is 1. The molecule has 0 saturated heterocycles. The van der Waals surface area contributed by atoms with Crippen molar-refractivity contribution < 1.29 is 4.74 Å². The lowest BCUT2D eigenvalue weighted by molar-refractivity contribution is 0.244. The smallest absolute Gasteiger partial charge is 0.144 e. The molecule has 2 aromatic rings. The van der Waals surface area contributed by atoms with Crippen molar-refractivity contribution in [3.8, 4) is 5.75 Å². The Hall–Kier alpha value is -1.75. The zero-order valence-corrected chi connectivity index (χ0v) is 14.0. The van der Waals surface area contributed by atoms with Gasteiger partial charge in [-0.25, -0.2) is 4.98 Å². The second-order valence-electron chi connectivity index (χ2n) is 5.43. The van der Waals surface area contributed by atoms with Gasteiger partial charge in [-0.15, -0.1) is 11.3 Å². The maximum absolute atomic E-state index is 6.20. The first-order valence-electron chi connectivity index (χ1n) is 7.14. The van der Waals surface area contributed by atoms with Gasteiger partial charge < -0.3 is 15.8 Å². The van der Waals surface area contributed by atoms with Crippen LogP contribution >= 0.6 is 11.3 Å². The van der Waals surface area contributed by atoms with Crippen molar-refractivity contribution in [2.75, 3.05) is 11.1 Å². The predicted molar refractivity (Wildman–Crippen MR) is 90.2 cm³/mol. The summed E-state index contributed by atoms with van der Waals surface area (Å²) >= 11 is 1.72. The van der Waals surface area contributed by atoms with Crippen molar-refractivity contribution in [1.82, 2.24) is 4.98 Å². The summed E-state index contributed by atoms with van der Waals surface area (Å²) < 4.78 is 5.73. The molecular formula is C16H23N3OS. The van der Waals surface area contributed by atoms with Gasteiger partial charge in [0.25, 0.3) is 0 Å². The number of nitrogens with one attached hydrogen (secondary N) is 1. The first-order chi connectivity index (χ1) is 9.88. The van der Waals surface area contributed by atoms with Crippen molar-refractivity contribution in [2.24, 2.45) is 0 Å². The van der Waals surface area contributed by atoms with Crippen LogP contribution in [0.5, 0.6) is 5.75 Å². The van der Waals surface area contributed by atoms with Gasteiger partial charge in [0, 0.05) is 4.88 Å². The van der Waals surface area contributed by atoms with E-state index >= 15 is 0 Å². The summed E-state index contributed by atoms with van der Waals surface area (Å²) in [5.41, 5.74) is 8.82. The zero-order valence-electron chi connectivity index (χ0n) is 13.2. The number of nitrogen functional groups attached to an aromatic ring is 1. The SMILES string of the molecule is Cc1nc(C)c(C(C)Nc2cccc(OC(C)C)c2N)s1. The fraction of sp³-hybridized carbons (Fsp3) is 0.438. The van der Waals surface area contributed by atoms with Crippen LogP contribution in [0.25, 0.3) is 0 Å². The lowest BCUT2D eigenvalue weighted by atomic mass is 10.2. The molecule has 2 rings (SSSR count).